The molecule has 0 aliphatic carbocycles. The van der Waals surface area contributed by atoms with Gasteiger partial charge in [-0.25, -0.2) is 0 Å². The van der Waals surface area contributed by atoms with Crippen molar-refractivity contribution in [1.82, 2.24) is 0 Å². The predicted molar refractivity (Wildman–Crippen MR) is 65.4 cm³/mol. The van der Waals surface area contributed by atoms with Crippen molar-refractivity contribution in [3.8, 4) is 0 Å². The van der Waals surface area contributed by atoms with Gasteiger partial charge in [0.05, 0.1) is 0 Å². The highest BCUT2D eigenvalue weighted by Crippen LogP contribution is 2.33. The van der Waals surface area contributed by atoms with Gasteiger partial charge in [-0.3, -0.25) is 0 Å². The zero-order chi connectivity index (χ0) is 9.19. The van der Waals surface area contributed by atoms with Crippen LogP contribution in [0.5, 0.6) is 0 Å². The molecule has 68 valence electrons. The summed E-state index contributed by atoms with van der Waals surface area (Å²) < 4.78 is 1.14. The molecular weight excluding hydrogens is 279 g/mol. The van der Waals surface area contributed by atoms with E-state index in [0.29, 0.717) is 5.41 Å². The van der Waals surface area contributed by atoms with Crippen LogP contribution in [0.4, 0.5) is 0 Å². The van der Waals surface area contributed by atoms with E-state index in [2.05, 4.69) is 55.5 Å². The van der Waals surface area contributed by atoms with Gasteiger partial charge in [0.25, 0.3) is 0 Å². The van der Waals surface area contributed by atoms with Gasteiger partial charge in [0.15, 0.2) is 0 Å². The van der Waals surface area contributed by atoms with Crippen LogP contribution in [-0.2, 0) is 9.84 Å². The van der Waals surface area contributed by atoms with Gasteiger partial charge in [-0.05, 0) is 24.0 Å². The summed E-state index contributed by atoms with van der Waals surface area (Å²) in [7, 11) is 0. The molecule has 0 aromatic carbocycles. The first-order valence-electron chi connectivity index (χ1n) is 4.25. The van der Waals surface area contributed by atoms with Crippen LogP contribution in [0.3, 0.4) is 0 Å². The van der Waals surface area contributed by atoms with E-state index in [1.165, 1.54) is 16.2 Å². The normalized spacial score (nSPS) is 12.0. The minimum absolute atomic E-state index is 0.370. The number of rotatable bonds is 3. The number of hydrogen-bond acceptors (Lipinski definition) is 1. The fourth-order valence-corrected chi connectivity index (χ4v) is 2.74. The lowest BCUT2D eigenvalue weighted by molar-refractivity contribution is 0.517. The third kappa shape index (κ3) is 2.22. The van der Waals surface area contributed by atoms with E-state index in [-0.39, 0.29) is 0 Å². The number of thiophene rings is 1. The Morgan fingerprint density at radius 3 is 2.50 bits per heavy atom. The SMILES string of the molecule is CCC(C)(C)c1ccc(CI)s1. The van der Waals surface area contributed by atoms with Crippen molar-refractivity contribution in [2.24, 2.45) is 0 Å². The standard InChI is InChI=1S/C10H15IS/c1-4-10(2,3)9-6-5-8(7-11)12-9/h5-6H,4,7H2,1-3H3. The van der Waals surface area contributed by atoms with E-state index in [9.17, 15) is 0 Å². The molecule has 0 nitrogen and oxygen atoms in total. The van der Waals surface area contributed by atoms with Crippen molar-refractivity contribution in [2.45, 2.75) is 37.0 Å². The third-order valence-electron chi connectivity index (χ3n) is 2.34. The molecule has 1 heterocycles. The van der Waals surface area contributed by atoms with Gasteiger partial charge in [-0.1, -0.05) is 43.4 Å². The molecule has 0 radical (unpaired) electrons. The van der Waals surface area contributed by atoms with E-state index in [4.69, 9.17) is 0 Å². The molecule has 0 saturated carbocycles. The van der Waals surface area contributed by atoms with Crippen molar-refractivity contribution in [1.29, 1.82) is 0 Å². The quantitative estimate of drug-likeness (QED) is 0.573. The molecule has 0 amide bonds. The van der Waals surface area contributed by atoms with Crippen molar-refractivity contribution in [3.63, 3.8) is 0 Å². The molecule has 0 spiro atoms. The van der Waals surface area contributed by atoms with Crippen LogP contribution in [0.1, 0.15) is 36.9 Å². The van der Waals surface area contributed by atoms with Crippen LogP contribution >= 0.6 is 33.9 Å². The minimum atomic E-state index is 0.370. The van der Waals surface area contributed by atoms with E-state index in [1.807, 2.05) is 11.3 Å². The molecule has 0 saturated heterocycles. The summed E-state index contributed by atoms with van der Waals surface area (Å²) in [4.78, 5) is 3.02. The monoisotopic (exact) mass is 294 g/mol. The molecule has 0 fully saturated rings. The van der Waals surface area contributed by atoms with E-state index in [1.54, 1.807) is 0 Å². The smallest absolute Gasteiger partial charge is 0.0341 e. The lowest BCUT2D eigenvalue weighted by Crippen LogP contribution is -2.12. The Hall–Kier alpha value is 0.430. The molecule has 1 aromatic rings. The topological polar surface area (TPSA) is 0 Å². The van der Waals surface area contributed by atoms with Gasteiger partial charge in [-0.2, -0.15) is 0 Å². The largest absolute Gasteiger partial charge is 0.144 e. The highest BCUT2D eigenvalue weighted by Gasteiger charge is 2.19. The summed E-state index contributed by atoms with van der Waals surface area (Å²) >= 11 is 4.37. The molecular formula is C10H15IS. The molecule has 0 bridgehead atoms. The van der Waals surface area contributed by atoms with Crippen LogP contribution in [0.25, 0.3) is 0 Å². The van der Waals surface area contributed by atoms with Crippen molar-refractivity contribution in [2.75, 3.05) is 0 Å². The molecule has 0 unspecified atom stereocenters. The lowest BCUT2D eigenvalue weighted by atomic mass is 9.89. The minimum Gasteiger partial charge on any atom is -0.144 e. The summed E-state index contributed by atoms with van der Waals surface area (Å²) in [5, 5.41) is 0. The maximum absolute atomic E-state index is 2.42. The molecule has 2 heteroatoms. The fourth-order valence-electron chi connectivity index (χ4n) is 0.988. The zero-order valence-electron chi connectivity index (χ0n) is 7.86. The Bertz CT molecular complexity index is 250. The average molecular weight is 294 g/mol. The Labute approximate surface area is 92.5 Å². The number of alkyl halides is 1. The van der Waals surface area contributed by atoms with Crippen LogP contribution in [0.15, 0.2) is 12.1 Å². The predicted octanol–water partition coefficient (Wildman–Crippen LogP) is 4.37. The Morgan fingerprint density at radius 1 is 1.42 bits per heavy atom. The van der Waals surface area contributed by atoms with Crippen molar-refractivity contribution in [3.05, 3.63) is 21.9 Å². The maximum atomic E-state index is 2.42. The number of hydrogen-bond donors (Lipinski definition) is 0. The van der Waals surface area contributed by atoms with Crippen LogP contribution < -0.4 is 0 Å². The first-order valence-corrected chi connectivity index (χ1v) is 6.59. The summed E-state index contributed by atoms with van der Waals surface area (Å²) in [6.07, 6.45) is 1.22. The third-order valence-corrected chi connectivity index (χ3v) is 5.13. The Kier molecular flexibility index (Phi) is 3.58. The second kappa shape index (κ2) is 4.09. The summed E-state index contributed by atoms with van der Waals surface area (Å²) in [5.74, 6) is 0. The van der Waals surface area contributed by atoms with Gasteiger partial charge >= 0.3 is 0 Å². The van der Waals surface area contributed by atoms with Crippen LogP contribution in [-0.4, -0.2) is 0 Å². The Balaban J connectivity index is 2.88. The second-order valence-electron chi connectivity index (χ2n) is 3.64. The van der Waals surface area contributed by atoms with Gasteiger partial charge in [-0.15, -0.1) is 11.3 Å². The molecule has 1 aromatic heterocycles. The fraction of sp³-hybridized carbons (Fsp3) is 0.600. The highest BCUT2D eigenvalue weighted by molar-refractivity contribution is 14.1. The average Bonchev–Trinajstić information content (AvgIpc) is 2.52. The second-order valence-corrected chi connectivity index (χ2v) is 5.57. The summed E-state index contributed by atoms with van der Waals surface area (Å²) in [6.45, 7) is 6.88. The Morgan fingerprint density at radius 2 is 2.08 bits per heavy atom. The van der Waals surface area contributed by atoms with Gasteiger partial charge < -0.3 is 0 Å². The van der Waals surface area contributed by atoms with E-state index in [0.717, 1.165) is 4.43 Å². The van der Waals surface area contributed by atoms with Crippen molar-refractivity contribution < 1.29 is 0 Å². The summed E-state index contributed by atoms with van der Waals surface area (Å²) in [5.41, 5.74) is 0.370. The highest BCUT2D eigenvalue weighted by atomic mass is 127. The molecule has 0 N–H and O–H groups in total. The maximum Gasteiger partial charge on any atom is 0.0341 e. The first kappa shape index (κ1) is 10.5. The zero-order valence-corrected chi connectivity index (χ0v) is 10.8. The molecule has 12 heavy (non-hydrogen) atoms. The molecule has 0 aliphatic heterocycles. The van der Waals surface area contributed by atoms with Gasteiger partial charge in [0.2, 0.25) is 0 Å². The number of halogens is 1. The molecule has 1 rings (SSSR count). The summed E-state index contributed by atoms with van der Waals surface area (Å²) in [6, 6.07) is 4.53. The van der Waals surface area contributed by atoms with E-state index >= 15 is 0 Å². The first-order chi connectivity index (χ1) is 5.60. The van der Waals surface area contributed by atoms with Gasteiger partial charge in [0, 0.05) is 14.2 Å². The lowest BCUT2D eigenvalue weighted by Gasteiger charge is -2.20. The van der Waals surface area contributed by atoms with Crippen molar-refractivity contribution >= 4 is 33.9 Å². The molecule has 0 aliphatic rings. The van der Waals surface area contributed by atoms with Gasteiger partial charge in [0.1, 0.15) is 0 Å². The molecule has 0 atom stereocenters. The van der Waals surface area contributed by atoms with Crippen LogP contribution in [0.2, 0.25) is 0 Å². The van der Waals surface area contributed by atoms with E-state index < -0.39 is 0 Å². The van der Waals surface area contributed by atoms with Crippen LogP contribution in [0, 0.1) is 0 Å².